The van der Waals surface area contributed by atoms with Crippen LogP contribution in [-0.4, -0.2) is 44.0 Å². The number of hydrogen-bond donors (Lipinski definition) is 2. The molecule has 0 aromatic rings. The minimum absolute atomic E-state index is 0.127. The van der Waals surface area contributed by atoms with Gasteiger partial charge in [0.1, 0.15) is 0 Å². The molecule has 0 saturated heterocycles. The number of nitrogens with zero attached hydrogens (tertiary/aromatic N) is 1. The fraction of sp³-hybridized carbons (Fsp3) is 0.889. The van der Waals surface area contributed by atoms with Crippen LogP contribution in [0, 0.1) is 0 Å². The number of amides is 1. The van der Waals surface area contributed by atoms with Crippen molar-refractivity contribution in [3.8, 4) is 0 Å². The van der Waals surface area contributed by atoms with Crippen LogP contribution in [0.4, 0.5) is 0 Å². The number of carbonyl (C=O) groups excluding carboxylic acids is 1. The molecular weight excluding hydrogens is 166 g/mol. The van der Waals surface area contributed by atoms with Gasteiger partial charge in [0.15, 0.2) is 0 Å². The van der Waals surface area contributed by atoms with E-state index in [0.29, 0.717) is 19.5 Å². The van der Waals surface area contributed by atoms with Gasteiger partial charge in [0, 0.05) is 19.5 Å². The first-order valence-electron chi connectivity index (χ1n) is 4.86. The summed E-state index contributed by atoms with van der Waals surface area (Å²) in [6.45, 7) is 5.13. The van der Waals surface area contributed by atoms with Crippen molar-refractivity contribution in [3.63, 3.8) is 0 Å². The van der Waals surface area contributed by atoms with Crippen molar-refractivity contribution in [1.82, 2.24) is 10.2 Å². The van der Waals surface area contributed by atoms with Crippen LogP contribution in [0.1, 0.15) is 19.8 Å². The highest BCUT2D eigenvalue weighted by molar-refractivity contribution is 5.75. The fourth-order valence-electron chi connectivity index (χ4n) is 1.05. The Morgan fingerprint density at radius 1 is 1.46 bits per heavy atom. The Balaban J connectivity index is 3.34. The molecule has 4 nitrogen and oxygen atoms in total. The third kappa shape index (κ3) is 7.74. The zero-order valence-corrected chi connectivity index (χ0v) is 8.68. The molecule has 0 rings (SSSR count). The van der Waals surface area contributed by atoms with Gasteiger partial charge in [0.25, 0.3) is 0 Å². The molecule has 0 unspecified atom stereocenters. The molecule has 0 aromatic heterocycles. The van der Waals surface area contributed by atoms with E-state index in [1.807, 2.05) is 14.0 Å². The third-order valence-electron chi connectivity index (χ3n) is 1.84. The van der Waals surface area contributed by atoms with E-state index < -0.39 is 0 Å². The number of nitrogens with one attached hydrogen (secondary N) is 1. The molecule has 13 heavy (non-hydrogen) atoms. The van der Waals surface area contributed by atoms with Gasteiger partial charge in [0.2, 0.25) is 5.91 Å². The highest BCUT2D eigenvalue weighted by atomic mass is 16.1. The summed E-state index contributed by atoms with van der Waals surface area (Å²) in [5, 5.41) is 2.77. The minimum atomic E-state index is 0.127. The molecule has 0 aliphatic carbocycles. The van der Waals surface area contributed by atoms with E-state index in [1.165, 1.54) is 0 Å². The van der Waals surface area contributed by atoms with Crippen molar-refractivity contribution < 1.29 is 4.79 Å². The molecule has 0 aromatic carbocycles. The summed E-state index contributed by atoms with van der Waals surface area (Å²) in [5.41, 5.74) is 5.37. The van der Waals surface area contributed by atoms with E-state index in [1.54, 1.807) is 0 Å². The van der Waals surface area contributed by atoms with E-state index in [2.05, 4.69) is 10.2 Å². The largest absolute Gasteiger partial charge is 0.356 e. The molecule has 4 heteroatoms. The number of rotatable bonds is 7. The minimum Gasteiger partial charge on any atom is -0.356 e. The summed E-state index contributed by atoms with van der Waals surface area (Å²) in [6, 6.07) is 0. The zero-order chi connectivity index (χ0) is 10.1. The second-order valence-electron chi connectivity index (χ2n) is 3.15. The highest BCUT2D eigenvalue weighted by Crippen LogP contribution is 1.89. The molecule has 0 aliphatic heterocycles. The van der Waals surface area contributed by atoms with Crippen molar-refractivity contribution in [1.29, 1.82) is 0 Å². The molecule has 0 fully saturated rings. The van der Waals surface area contributed by atoms with Crippen LogP contribution >= 0.6 is 0 Å². The van der Waals surface area contributed by atoms with Crippen LogP contribution in [-0.2, 0) is 4.79 Å². The molecule has 0 heterocycles. The maximum absolute atomic E-state index is 11.1. The average molecular weight is 187 g/mol. The lowest BCUT2D eigenvalue weighted by Crippen LogP contribution is -2.29. The lowest BCUT2D eigenvalue weighted by Gasteiger charge is -2.15. The Morgan fingerprint density at radius 2 is 2.15 bits per heavy atom. The van der Waals surface area contributed by atoms with E-state index in [4.69, 9.17) is 5.73 Å². The normalized spacial score (nSPS) is 10.5. The lowest BCUT2D eigenvalue weighted by atomic mass is 10.3. The Kier molecular flexibility index (Phi) is 7.63. The molecule has 78 valence electrons. The number of nitrogens with two attached hydrogens (primary N) is 1. The number of hydrogen-bond acceptors (Lipinski definition) is 3. The quantitative estimate of drug-likeness (QED) is 0.580. The van der Waals surface area contributed by atoms with Gasteiger partial charge in [-0.15, -0.1) is 0 Å². The molecule has 0 atom stereocenters. The third-order valence-corrected chi connectivity index (χ3v) is 1.84. The van der Waals surface area contributed by atoms with Crippen LogP contribution < -0.4 is 11.1 Å². The Bertz CT molecular complexity index is 139. The lowest BCUT2D eigenvalue weighted by molar-refractivity contribution is -0.121. The van der Waals surface area contributed by atoms with Crippen molar-refractivity contribution in [2.75, 3.05) is 33.2 Å². The summed E-state index contributed by atoms with van der Waals surface area (Å²) < 4.78 is 0. The maximum atomic E-state index is 11.1. The van der Waals surface area contributed by atoms with Crippen molar-refractivity contribution >= 4 is 5.91 Å². The van der Waals surface area contributed by atoms with Gasteiger partial charge in [-0.3, -0.25) is 4.79 Å². The average Bonchev–Trinajstić information content (AvgIpc) is 2.12. The van der Waals surface area contributed by atoms with Gasteiger partial charge in [-0.1, -0.05) is 0 Å². The smallest absolute Gasteiger partial charge is 0.221 e. The first-order chi connectivity index (χ1) is 6.20. The molecule has 0 bridgehead atoms. The van der Waals surface area contributed by atoms with Gasteiger partial charge in [0.05, 0.1) is 0 Å². The van der Waals surface area contributed by atoms with Crippen LogP contribution in [0.2, 0.25) is 0 Å². The van der Waals surface area contributed by atoms with Gasteiger partial charge in [-0.25, -0.2) is 0 Å². The summed E-state index contributed by atoms with van der Waals surface area (Å²) in [7, 11) is 2.01. The van der Waals surface area contributed by atoms with Crippen LogP contribution in [0.15, 0.2) is 0 Å². The van der Waals surface area contributed by atoms with Crippen molar-refractivity contribution in [3.05, 3.63) is 0 Å². The van der Waals surface area contributed by atoms with E-state index in [9.17, 15) is 4.79 Å². The molecule has 0 saturated carbocycles. The zero-order valence-electron chi connectivity index (χ0n) is 8.68. The monoisotopic (exact) mass is 187 g/mol. The van der Waals surface area contributed by atoms with E-state index >= 15 is 0 Å². The van der Waals surface area contributed by atoms with Crippen LogP contribution in [0.3, 0.4) is 0 Å². The molecule has 0 aliphatic rings. The topological polar surface area (TPSA) is 58.4 Å². The van der Waals surface area contributed by atoms with E-state index in [0.717, 1.165) is 19.5 Å². The van der Waals surface area contributed by atoms with Gasteiger partial charge < -0.3 is 16.0 Å². The SMILES string of the molecule is CCNC(=O)CCN(C)CCCN. The predicted octanol–water partition coefficient (Wildman–Crippen LogP) is -0.207. The highest BCUT2D eigenvalue weighted by Gasteiger charge is 2.02. The predicted molar refractivity (Wildman–Crippen MR) is 54.5 cm³/mol. The van der Waals surface area contributed by atoms with Crippen LogP contribution in [0.5, 0.6) is 0 Å². The maximum Gasteiger partial charge on any atom is 0.221 e. The van der Waals surface area contributed by atoms with Crippen molar-refractivity contribution in [2.45, 2.75) is 19.8 Å². The molecule has 0 spiro atoms. The molecule has 3 N–H and O–H groups in total. The molecule has 1 amide bonds. The van der Waals surface area contributed by atoms with Crippen molar-refractivity contribution in [2.24, 2.45) is 5.73 Å². The van der Waals surface area contributed by atoms with E-state index in [-0.39, 0.29) is 5.91 Å². The second kappa shape index (κ2) is 8.01. The summed E-state index contributed by atoms with van der Waals surface area (Å²) >= 11 is 0. The first-order valence-corrected chi connectivity index (χ1v) is 4.86. The Morgan fingerprint density at radius 3 is 2.69 bits per heavy atom. The summed E-state index contributed by atoms with van der Waals surface area (Å²) in [6.07, 6.45) is 1.57. The molecular formula is C9H21N3O. The Labute approximate surface area is 80.5 Å². The number of carbonyl (C=O) groups is 1. The second-order valence-corrected chi connectivity index (χ2v) is 3.15. The fourth-order valence-corrected chi connectivity index (χ4v) is 1.05. The first kappa shape index (κ1) is 12.4. The summed E-state index contributed by atoms with van der Waals surface area (Å²) in [4.78, 5) is 13.2. The van der Waals surface area contributed by atoms with Gasteiger partial charge in [-0.05, 0) is 33.5 Å². The van der Waals surface area contributed by atoms with Gasteiger partial charge >= 0.3 is 0 Å². The summed E-state index contributed by atoms with van der Waals surface area (Å²) in [5.74, 6) is 0.127. The standard InChI is InChI=1S/C9H21N3O/c1-3-11-9(13)5-8-12(2)7-4-6-10/h3-8,10H2,1-2H3,(H,11,13). The van der Waals surface area contributed by atoms with Crippen LogP contribution in [0.25, 0.3) is 0 Å². The Hall–Kier alpha value is -0.610. The van der Waals surface area contributed by atoms with Gasteiger partial charge in [-0.2, -0.15) is 0 Å². The molecule has 0 radical (unpaired) electrons.